The third-order valence-corrected chi connectivity index (χ3v) is 5.33. The third-order valence-electron chi connectivity index (χ3n) is 5.33. The number of aliphatic hydroxyl groups is 3. The van der Waals surface area contributed by atoms with Crippen molar-refractivity contribution in [2.24, 2.45) is 0 Å². The largest absolute Gasteiger partial charge is 0.394 e. The van der Waals surface area contributed by atoms with Crippen LogP contribution in [0.15, 0.2) is 35.9 Å². The second-order valence-electron chi connectivity index (χ2n) is 7.16. The molecular formula is C19H21N3O6. The predicted octanol–water partition coefficient (Wildman–Crippen LogP) is -0.0678. The number of urea groups is 1. The summed E-state index contributed by atoms with van der Waals surface area (Å²) in [7, 11) is 0. The molecule has 28 heavy (non-hydrogen) atoms. The number of hydrogen-bond donors (Lipinski definition) is 5. The lowest BCUT2D eigenvalue weighted by molar-refractivity contribution is -0.157. The topological polar surface area (TPSA) is 135 Å². The number of nitrogens with one attached hydrogen (secondary N) is 2. The lowest BCUT2D eigenvalue weighted by Gasteiger charge is -2.41. The first-order valence-corrected chi connectivity index (χ1v) is 8.89. The maximum atomic E-state index is 12.4. The van der Waals surface area contributed by atoms with Crippen LogP contribution >= 0.6 is 0 Å². The number of imide groups is 1. The van der Waals surface area contributed by atoms with E-state index in [0.717, 1.165) is 15.8 Å². The van der Waals surface area contributed by atoms with Gasteiger partial charge in [-0.15, -0.1) is 0 Å². The van der Waals surface area contributed by atoms with Crippen LogP contribution in [-0.2, 0) is 9.53 Å². The molecule has 1 aromatic carbocycles. The van der Waals surface area contributed by atoms with E-state index in [1.807, 2.05) is 30.3 Å². The first-order chi connectivity index (χ1) is 13.3. The maximum absolute atomic E-state index is 12.4. The fraction of sp³-hybridized carbons (Fsp3) is 0.368. The summed E-state index contributed by atoms with van der Waals surface area (Å²) in [4.78, 5) is 29.1. The molecule has 2 saturated heterocycles. The quantitative estimate of drug-likeness (QED) is 0.468. The Labute approximate surface area is 160 Å². The lowest BCUT2D eigenvalue weighted by Crippen LogP contribution is -2.63. The Morgan fingerprint density at radius 2 is 2.07 bits per heavy atom. The molecule has 148 valence electrons. The van der Waals surface area contributed by atoms with Crippen molar-refractivity contribution in [2.45, 2.75) is 31.0 Å². The fourth-order valence-electron chi connectivity index (χ4n) is 3.72. The third kappa shape index (κ3) is 2.89. The van der Waals surface area contributed by atoms with Crippen LogP contribution in [0.4, 0.5) is 4.79 Å². The van der Waals surface area contributed by atoms with Gasteiger partial charge in [-0.3, -0.25) is 15.0 Å². The number of ether oxygens (including phenoxy) is 1. The number of aromatic amines is 1. The van der Waals surface area contributed by atoms with Gasteiger partial charge in [-0.05, 0) is 30.5 Å². The van der Waals surface area contributed by atoms with Crippen molar-refractivity contribution in [1.82, 2.24) is 15.2 Å². The highest BCUT2D eigenvalue weighted by atomic mass is 16.6. The molecule has 0 spiro atoms. The Morgan fingerprint density at radius 1 is 1.32 bits per heavy atom. The van der Waals surface area contributed by atoms with Crippen molar-refractivity contribution >= 4 is 28.9 Å². The van der Waals surface area contributed by atoms with Gasteiger partial charge in [-0.25, -0.2) is 4.79 Å². The van der Waals surface area contributed by atoms with Crippen molar-refractivity contribution in [3.8, 4) is 0 Å². The normalized spacial score (nSPS) is 32.4. The lowest BCUT2D eigenvalue weighted by atomic mass is 10.0. The van der Waals surface area contributed by atoms with Gasteiger partial charge in [-0.2, -0.15) is 0 Å². The van der Waals surface area contributed by atoms with E-state index in [9.17, 15) is 24.9 Å². The highest BCUT2D eigenvalue weighted by Gasteiger charge is 2.56. The molecule has 4 rings (SSSR count). The predicted molar refractivity (Wildman–Crippen MR) is 98.9 cm³/mol. The summed E-state index contributed by atoms with van der Waals surface area (Å²) in [6.07, 6.45) is -2.22. The number of aromatic nitrogens is 1. The van der Waals surface area contributed by atoms with Crippen molar-refractivity contribution in [1.29, 1.82) is 0 Å². The molecule has 2 fully saturated rings. The van der Waals surface area contributed by atoms with Crippen LogP contribution in [0.3, 0.4) is 0 Å². The molecule has 0 unspecified atom stereocenters. The Kier molecular flexibility index (Phi) is 4.47. The first-order valence-electron chi connectivity index (χ1n) is 8.89. The number of H-pyrrole nitrogens is 1. The molecule has 3 heterocycles. The van der Waals surface area contributed by atoms with Gasteiger partial charge in [0.2, 0.25) is 0 Å². The fourth-order valence-corrected chi connectivity index (χ4v) is 3.72. The summed E-state index contributed by atoms with van der Waals surface area (Å²) >= 11 is 0. The highest BCUT2D eigenvalue weighted by molar-refractivity contribution is 6.09. The molecule has 2 aliphatic heterocycles. The van der Waals surface area contributed by atoms with Crippen LogP contribution in [0.25, 0.3) is 17.0 Å². The number of aliphatic hydroxyl groups excluding tert-OH is 3. The molecule has 0 bridgehead atoms. The van der Waals surface area contributed by atoms with E-state index >= 15 is 0 Å². The zero-order valence-electron chi connectivity index (χ0n) is 15.1. The van der Waals surface area contributed by atoms with E-state index in [1.165, 1.54) is 6.92 Å². The van der Waals surface area contributed by atoms with E-state index in [4.69, 9.17) is 4.74 Å². The summed E-state index contributed by atoms with van der Waals surface area (Å²) in [6, 6.07) is 8.78. The highest BCUT2D eigenvalue weighted by Crippen LogP contribution is 2.35. The smallest absolute Gasteiger partial charge is 0.326 e. The van der Waals surface area contributed by atoms with Gasteiger partial charge in [0.25, 0.3) is 5.91 Å². The van der Waals surface area contributed by atoms with Crippen molar-refractivity contribution < 1.29 is 29.6 Å². The molecule has 9 nitrogen and oxygen atoms in total. The molecule has 5 N–H and O–H groups in total. The first kappa shape index (κ1) is 18.6. The van der Waals surface area contributed by atoms with Crippen molar-refractivity contribution in [3.63, 3.8) is 0 Å². The van der Waals surface area contributed by atoms with Gasteiger partial charge in [0.05, 0.1) is 13.2 Å². The van der Waals surface area contributed by atoms with Crippen LogP contribution < -0.4 is 5.32 Å². The van der Waals surface area contributed by atoms with Gasteiger partial charge in [0, 0.05) is 16.8 Å². The number of amides is 3. The number of carbonyl (C=O) groups excluding carboxylic acids is 2. The summed E-state index contributed by atoms with van der Waals surface area (Å²) in [5.74, 6) is -0.546. The van der Waals surface area contributed by atoms with E-state index in [0.29, 0.717) is 5.69 Å². The second-order valence-corrected chi connectivity index (χ2v) is 7.16. The number of rotatable bonds is 3. The minimum absolute atomic E-state index is 0.127. The minimum atomic E-state index is -1.60. The Bertz CT molecular complexity index is 936. The Hall–Kier alpha value is -2.72. The van der Waals surface area contributed by atoms with E-state index in [2.05, 4.69) is 10.3 Å². The number of fused-ring (bicyclic) bond motifs is 1. The summed E-state index contributed by atoms with van der Waals surface area (Å²) < 4.78 is 5.58. The number of benzene rings is 1. The average molecular weight is 387 g/mol. The number of hydrogen-bond acceptors (Lipinski definition) is 6. The van der Waals surface area contributed by atoms with Gasteiger partial charge >= 0.3 is 6.03 Å². The van der Waals surface area contributed by atoms with Crippen LogP contribution in [0.2, 0.25) is 0 Å². The molecule has 0 radical (unpaired) electrons. The maximum Gasteiger partial charge on any atom is 0.326 e. The number of carbonyl (C=O) groups is 2. The number of para-hydroxylation sites is 1. The van der Waals surface area contributed by atoms with E-state index in [1.54, 1.807) is 6.08 Å². The van der Waals surface area contributed by atoms with Gasteiger partial charge in [0.15, 0.2) is 5.72 Å². The molecule has 4 atom stereocenters. The average Bonchev–Trinajstić information content (AvgIpc) is 3.18. The second kappa shape index (κ2) is 6.71. The van der Waals surface area contributed by atoms with Crippen LogP contribution in [0, 0.1) is 0 Å². The number of nitrogens with zero attached hydrogens (tertiary/aromatic N) is 1. The van der Waals surface area contributed by atoms with Crippen LogP contribution in [0.5, 0.6) is 0 Å². The molecule has 0 saturated carbocycles. The molecule has 2 aliphatic rings. The standard InChI is InChI=1S/C19H21N3O6/c1-19(16(25)15(24)14(9-23)28-19)22-8-11(17(26)21-18(22)27)7-12-6-10-4-2-3-5-13(10)20-12/h2-7,14-16,20,23-25H,8-9H2,1H3,(H,21,26,27)/t14-,15-,16-,19-/m1/s1. The summed E-state index contributed by atoms with van der Waals surface area (Å²) in [5, 5.41) is 33.0. The minimum Gasteiger partial charge on any atom is -0.394 e. The zero-order valence-corrected chi connectivity index (χ0v) is 15.1. The molecule has 2 aromatic rings. The van der Waals surface area contributed by atoms with E-state index in [-0.39, 0.29) is 12.1 Å². The zero-order chi connectivity index (χ0) is 20.1. The molecule has 3 amide bonds. The van der Waals surface area contributed by atoms with Crippen LogP contribution in [0.1, 0.15) is 12.6 Å². The molecular weight excluding hydrogens is 366 g/mol. The van der Waals surface area contributed by atoms with E-state index < -0.39 is 42.6 Å². The summed E-state index contributed by atoms with van der Waals surface area (Å²) in [5.41, 5.74) is 0.280. The monoisotopic (exact) mass is 387 g/mol. The molecule has 0 aliphatic carbocycles. The molecule has 1 aromatic heterocycles. The Balaban J connectivity index is 1.65. The molecule has 9 heteroatoms. The van der Waals surface area contributed by atoms with Crippen molar-refractivity contribution in [3.05, 3.63) is 41.6 Å². The summed E-state index contributed by atoms with van der Waals surface area (Å²) in [6.45, 7) is 0.797. The Morgan fingerprint density at radius 3 is 2.75 bits per heavy atom. The van der Waals surface area contributed by atoms with Gasteiger partial charge in [0.1, 0.15) is 18.3 Å². The SMILES string of the molecule is C[C@@]1(N2CC(=Cc3cc4ccccc4[nH]3)C(=O)NC2=O)O[C@H](CO)[C@@H](O)[C@H]1O. The van der Waals surface area contributed by atoms with Gasteiger partial charge in [-0.1, -0.05) is 18.2 Å². The van der Waals surface area contributed by atoms with Gasteiger partial charge < -0.3 is 25.0 Å². The van der Waals surface area contributed by atoms with Crippen molar-refractivity contribution in [2.75, 3.05) is 13.2 Å². The van der Waals surface area contributed by atoms with Crippen LogP contribution in [-0.4, -0.2) is 74.3 Å².